The van der Waals surface area contributed by atoms with Crippen molar-refractivity contribution >= 4 is 0 Å². The number of ether oxygens (including phenoxy) is 1. The summed E-state index contributed by atoms with van der Waals surface area (Å²) < 4.78 is 19.5. The van der Waals surface area contributed by atoms with Crippen LogP contribution >= 0.6 is 0 Å². The topological polar surface area (TPSA) is 41.5 Å². The van der Waals surface area contributed by atoms with Gasteiger partial charge in [-0.25, -0.2) is 4.39 Å². The van der Waals surface area contributed by atoms with Crippen molar-refractivity contribution in [1.29, 1.82) is 0 Å². The third-order valence-corrected chi connectivity index (χ3v) is 6.09. The maximum Gasteiger partial charge on any atom is 0.128 e. The second-order valence-electron chi connectivity index (χ2n) is 7.13. The predicted molar refractivity (Wildman–Crippen MR) is 81.7 cm³/mol. The van der Waals surface area contributed by atoms with Gasteiger partial charge in [0.15, 0.2) is 0 Å². The smallest absolute Gasteiger partial charge is 0.128 e. The number of fused-ring (bicyclic) bond motifs is 2. The Morgan fingerprint density at radius 1 is 1.32 bits per heavy atom. The van der Waals surface area contributed by atoms with Gasteiger partial charge in [0, 0.05) is 36.1 Å². The van der Waals surface area contributed by atoms with E-state index in [1.54, 1.807) is 6.07 Å². The lowest BCUT2D eigenvalue weighted by Gasteiger charge is -2.57. The normalized spacial score (nSPS) is 32.2. The molecular weight excluding hydrogens is 281 g/mol. The van der Waals surface area contributed by atoms with Crippen molar-refractivity contribution in [2.75, 3.05) is 6.61 Å². The van der Waals surface area contributed by atoms with Gasteiger partial charge in [0.1, 0.15) is 5.82 Å². The Morgan fingerprint density at radius 2 is 2.14 bits per heavy atom. The molecule has 1 spiro atoms. The fraction of sp³-hybridized carbons (Fsp3) is 0.667. The third-order valence-electron chi connectivity index (χ3n) is 6.09. The number of hydrogen-bond acceptors (Lipinski definition) is 3. The summed E-state index contributed by atoms with van der Waals surface area (Å²) in [5, 5.41) is 12.9. The molecule has 1 aromatic rings. The van der Waals surface area contributed by atoms with Crippen LogP contribution in [-0.2, 0) is 17.9 Å². The Kier molecular flexibility index (Phi) is 3.71. The number of hydrogen-bond donors (Lipinski definition) is 2. The van der Waals surface area contributed by atoms with Gasteiger partial charge in [-0.1, -0.05) is 18.9 Å². The Balaban J connectivity index is 1.47. The van der Waals surface area contributed by atoms with Crippen molar-refractivity contribution in [3.8, 4) is 0 Å². The van der Waals surface area contributed by atoms with Gasteiger partial charge in [-0.2, -0.15) is 0 Å². The zero-order chi connectivity index (χ0) is 15.2. The summed E-state index contributed by atoms with van der Waals surface area (Å²) in [7, 11) is 0. The van der Waals surface area contributed by atoms with Crippen molar-refractivity contribution in [2.24, 2.45) is 11.3 Å². The molecule has 2 N–H and O–H groups in total. The maximum absolute atomic E-state index is 13.5. The number of nitrogens with one attached hydrogen (secondary N) is 1. The van der Waals surface area contributed by atoms with Crippen LogP contribution in [0.5, 0.6) is 0 Å². The fourth-order valence-electron chi connectivity index (χ4n) is 5.10. The highest BCUT2D eigenvalue weighted by Crippen LogP contribution is 2.60. The summed E-state index contributed by atoms with van der Waals surface area (Å²) in [5.41, 5.74) is 1.77. The van der Waals surface area contributed by atoms with E-state index in [2.05, 4.69) is 5.32 Å². The Labute approximate surface area is 130 Å². The lowest BCUT2D eigenvalue weighted by Crippen LogP contribution is -2.67. The molecule has 0 bridgehead atoms. The van der Waals surface area contributed by atoms with E-state index >= 15 is 0 Å². The van der Waals surface area contributed by atoms with Crippen LogP contribution in [0.4, 0.5) is 4.39 Å². The lowest BCUT2D eigenvalue weighted by atomic mass is 9.54. The van der Waals surface area contributed by atoms with Gasteiger partial charge in [-0.3, -0.25) is 0 Å². The first kappa shape index (κ1) is 14.6. The van der Waals surface area contributed by atoms with Gasteiger partial charge in [0.05, 0.1) is 12.7 Å². The second-order valence-corrected chi connectivity index (χ2v) is 7.13. The minimum atomic E-state index is -0.327. The van der Waals surface area contributed by atoms with E-state index < -0.39 is 0 Å². The molecule has 0 radical (unpaired) electrons. The maximum atomic E-state index is 13.5. The first-order valence-electron chi connectivity index (χ1n) is 8.48. The molecule has 2 aliphatic carbocycles. The van der Waals surface area contributed by atoms with Crippen LogP contribution in [0.1, 0.15) is 43.2 Å². The molecule has 1 saturated heterocycles. The Hall–Kier alpha value is -0.970. The molecule has 120 valence electrons. The van der Waals surface area contributed by atoms with Crippen molar-refractivity contribution in [2.45, 2.75) is 57.4 Å². The van der Waals surface area contributed by atoms with E-state index in [9.17, 15) is 9.50 Å². The molecule has 0 unspecified atom stereocenters. The minimum Gasteiger partial charge on any atom is -0.392 e. The molecule has 0 aromatic heterocycles. The molecule has 3 nitrogen and oxygen atoms in total. The quantitative estimate of drug-likeness (QED) is 0.899. The molecule has 3 aliphatic rings. The molecule has 1 heterocycles. The molecule has 1 aliphatic heterocycles. The highest BCUT2D eigenvalue weighted by Gasteiger charge is 2.64. The van der Waals surface area contributed by atoms with Gasteiger partial charge in [-0.15, -0.1) is 0 Å². The number of benzene rings is 1. The Morgan fingerprint density at radius 3 is 2.91 bits per heavy atom. The summed E-state index contributed by atoms with van der Waals surface area (Å²) in [6.45, 7) is 1.40. The summed E-state index contributed by atoms with van der Waals surface area (Å²) in [6.07, 6.45) is 6.81. The average molecular weight is 305 g/mol. The van der Waals surface area contributed by atoms with Gasteiger partial charge in [-0.05, 0) is 37.0 Å². The molecule has 3 fully saturated rings. The van der Waals surface area contributed by atoms with E-state index in [0.717, 1.165) is 25.1 Å². The number of halogens is 1. The highest BCUT2D eigenvalue weighted by molar-refractivity contribution is 5.25. The van der Waals surface area contributed by atoms with E-state index in [4.69, 9.17) is 4.74 Å². The van der Waals surface area contributed by atoms with Gasteiger partial charge < -0.3 is 15.2 Å². The first-order chi connectivity index (χ1) is 10.7. The highest BCUT2D eigenvalue weighted by atomic mass is 19.1. The van der Waals surface area contributed by atoms with Crippen molar-refractivity contribution in [3.63, 3.8) is 0 Å². The monoisotopic (exact) mass is 305 g/mol. The number of aliphatic hydroxyl groups is 1. The second kappa shape index (κ2) is 5.59. The van der Waals surface area contributed by atoms with Gasteiger partial charge in [0.25, 0.3) is 0 Å². The van der Waals surface area contributed by atoms with Crippen LogP contribution in [0.25, 0.3) is 0 Å². The predicted octanol–water partition coefficient (Wildman–Crippen LogP) is 2.76. The summed E-state index contributed by atoms with van der Waals surface area (Å²) in [5.74, 6) is 0.322. The number of rotatable bonds is 4. The first-order valence-corrected chi connectivity index (χ1v) is 8.48. The van der Waals surface area contributed by atoms with Crippen LogP contribution in [0.3, 0.4) is 0 Å². The third kappa shape index (κ3) is 2.12. The molecule has 3 atom stereocenters. The Bertz CT molecular complexity index is 556. The lowest BCUT2D eigenvalue weighted by molar-refractivity contribution is -0.130. The standard InChI is InChI=1S/C18H24FNO2/c19-15-4-3-12(9-13(15)11-21)10-20-16-14-5-8-22-17(14)18(16)6-1-2-7-18/h3-4,9,14,16-17,20-21H,1-2,5-8,10-11H2/t14-,16-,17-/m1/s1. The van der Waals surface area contributed by atoms with Crippen molar-refractivity contribution < 1.29 is 14.2 Å². The van der Waals surface area contributed by atoms with E-state index in [1.807, 2.05) is 6.07 Å². The van der Waals surface area contributed by atoms with Gasteiger partial charge >= 0.3 is 0 Å². The van der Waals surface area contributed by atoms with E-state index in [-0.39, 0.29) is 12.4 Å². The van der Waals surface area contributed by atoms with E-state index in [0.29, 0.717) is 29.0 Å². The van der Waals surface area contributed by atoms with Crippen LogP contribution in [0.15, 0.2) is 18.2 Å². The minimum absolute atomic E-state index is 0.244. The molecule has 22 heavy (non-hydrogen) atoms. The average Bonchev–Trinajstić information content (AvgIpc) is 3.17. The molecular formula is C18H24FNO2. The molecule has 4 rings (SSSR count). The van der Waals surface area contributed by atoms with Gasteiger partial charge in [0.2, 0.25) is 0 Å². The summed E-state index contributed by atoms with van der Waals surface area (Å²) in [4.78, 5) is 0. The summed E-state index contributed by atoms with van der Waals surface area (Å²) in [6, 6.07) is 5.57. The number of aliphatic hydroxyl groups excluding tert-OH is 1. The molecule has 0 amide bonds. The zero-order valence-corrected chi connectivity index (χ0v) is 12.9. The van der Waals surface area contributed by atoms with Crippen molar-refractivity contribution in [1.82, 2.24) is 5.32 Å². The molecule has 2 saturated carbocycles. The summed E-state index contributed by atoms with van der Waals surface area (Å²) >= 11 is 0. The van der Waals surface area contributed by atoms with Crippen molar-refractivity contribution in [3.05, 3.63) is 35.1 Å². The molecule has 4 heteroatoms. The van der Waals surface area contributed by atoms with Crippen LogP contribution in [-0.4, -0.2) is 23.9 Å². The largest absolute Gasteiger partial charge is 0.392 e. The van der Waals surface area contributed by atoms with Crippen LogP contribution < -0.4 is 5.32 Å². The zero-order valence-electron chi connectivity index (χ0n) is 12.9. The fourth-order valence-corrected chi connectivity index (χ4v) is 5.10. The SMILES string of the molecule is OCc1cc(CN[C@@H]2[C@H]3CCO[C@H]3C23CCCC3)ccc1F. The van der Waals surface area contributed by atoms with Crippen LogP contribution in [0.2, 0.25) is 0 Å². The van der Waals surface area contributed by atoms with E-state index in [1.165, 1.54) is 31.7 Å². The molecule has 1 aromatic carbocycles. The van der Waals surface area contributed by atoms with Crippen LogP contribution in [0, 0.1) is 17.2 Å².